The van der Waals surface area contributed by atoms with Crippen molar-refractivity contribution < 1.29 is 22.3 Å². The maximum Gasteiger partial charge on any atom is 0.573 e. The van der Waals surface area contributed by atoms with Crippen molar-refractivity contribution in [1.29, 1.82) is 0 Å². The van der Waals surface area contributed by atoms with Crippen molar-refractivity contribution in [1.82, 2.24) is 0 Å². The van der Waals surface area contributed by atoms with E-state index in [1.807, 2.05) is 0 Å². The number of hydrogen-bond donors (Lipinski definition) is 1. The van der Waals surface area contributed by atoms with Crippen LogP contribution in [-0.4, -0.2) is 6.36 Å². The molecule has 0 fully saturated rings. The summed E-state index contributed by atoms with van der Waals surface area (Å²) >= 11 is 0. The molecule has 0 aliphatic rings. The Labute approximate surface area is 101 Å². The minimum atomic E-state index is -4.70. The largest absolute Gasteiger partial charge is 0.573 e. The van der Waals surface area contributed by atoms with Gasteiger partial charge in [-0.25, -0.2) is 0 Å². The van der Waals surface area contributed by atoms with Crippen LogP contribution < -0.4 is 10.5 Å². The van der Waals surface area contributed by atoms with Gasteiger partial charge in [-0.15, -0.1) is 13.2 Å². The van der Waals surface area contributed by atoms with E-state index in [0.29, 0.717) is 17.1 Å². The predicted octanol–water partition coefficient (Wildman–Crippen LogP) is 3.30. The van der Waals surface area contributed by atoms with Gasteiger partial charge >= 0.3 is 6.36 Å². The van der Waals surface area contributed by atoms with E-state index in [0.717, 1.165) is 0 Å². The fraction of sp³-hybridized carbons (Fsp3) is 0.167. The Morgan fingerprint density at radius 3 is 2.56 bits per heavy atom. The van der Waals surface area contributed by atoms with Crippen molar-refractivity contribution in [2.45, 2.75) is 12.9 Å². The number of ether oxygens (including phenoxy) is 1. The SMILES string of the molecule is NCc1ccc(-c2cccc(OC(F)(F)F)c2)o1. The Balaban J connectivity index is 2.26. The number of hydrogen-bond acceptors (Lipinski definition) is 3. The topological polar surface area (TPSA) is 48.4 Å². The number of nitrogens with two attached hydrogens (primary N) is 1. The Hall–Kier alpha value is -1.95. The van der Waals surface area contributed by atoms with Crippen molar-refractivity contribution in [3.05, 3.63) is 42.2 Å². The van der Waals surface area contributed by atoms with Crippen LogP contribution in [0.4, 0.5) is 13.2 Å². The van der Waals surface area contributed by atoms with Crippen LogP contribution in [0.1, 0.15) is 5.76 Å². The lowest BCUT2D eigenvalue weighted by molar-refractivity contribution is -0.274. The lowest BCUT2D eigenvalue weighted by atomic mass is 10.2. The Morgan fingerprint density at radius 1 is 1.17 bits per heavy atom. The molecule has 0 amide bonds. The van der Waals surface area contributed by atoms with Crippen LogP contribution in [0.2, 0.25) is 0 Å². The molecule has 96 valence electrons. The lowest BCUT2D eigenvalue weighted by Crippen LogP contribution is -2.17. The highest BCUT2D eigenvalue weighted by molar-refractivity contribution is 5.59. The first kappa shape index (κ1) is 12.5. The van der Waals surface area contributed by atoms with Crippen LogP contribution in [-0.2, 0) is 6.54 Å². The Bertz CT molecular complexity index is 534. The highest BCUT2D eigenvalue weighted by Gasteiger charge is 2.31. The molecule has 0 aliphatic heterocycles. The monoisotopic (exact) mass is 257 g/mol. The van der Waals surface area contributed by atoms with Gasteiger partial charge in [0.05, 0.1) is 6.54 Å². The Kier molecular flexibility index (Phi) is 3.29. The molecule has 2 rings (SSSR count). The van der Waals surface area contributed by atoms with E-state index >= 15 is 0 Å². The van der Waals surface area contributed by atoms with Gasteiger partial charge in [0.1, 0.15) is 17.3 Å². The molecule has 0 spiro atoms. The third kappa shape index (κ3) is 3.04. The van der Waals surface area contributed by atoms with Crippen LogP contribution in [0.3, 0.4) is 0 Å². The minimum Gasteiger partial charge on any atom is -0.460 e. The molecule has 0 radical (unpaired) electrons. The molecular weight excluding hydrogens is 247 g/mol. The van der Waals surface area contributed by atoms with Crippen LogP contribution in [0.15, 0.2) is 40.8 Å². The highest BCUT2D eigenvalue weighted by Crippen LogP contribution is 2.28. The summed E-state index contributed by atoms with van der Waals surface area (Å²) in [6.07, 6.45) is -4.70. The molecule has 1 heterocycles. The molecule has 0 saturated carbocycles. The molecule has 0 atom stereocenters. The summed E-state index contributed by atoms with van der Waals surface area (Å²) in [6, 6.07) is 8.89. The molecule has 2 N–H and O–H groups in total. The Morgan fingerprint density at radius 2 is 1.94 bits per heavy atom. The van der Waals surface area contributed by atoms with Gasteiger partial charge in [-0.2, -0.15) is 0 Å². The van der Waals surface area contributed by atoms with Crippen LogP contribution in [0, 0.1) is 0 Å². The summed E-state index contributed by atoms with van der Waals surface area (Å²) in [4.78, 5) is 0. The zero-order valence-electron chi connectivity index (χ0n) is 9.20. The first-order valence-corrected chi connectivity index (χ1v) is 5.13. The summed E-state index contributed by atoms with van der Waals surface area (Å²) in [5, 5.41) is 0. The molecule has 2 aromatic rings. The van der Waals surface area contributed by atoms with E-state index < -0.39 is 6.36 Å². The van der Waals surface area contributed by atoms with Crippen molar-refractivity contribution in [2.75, 3.05) is 0 Å². The van der Waals surface area contributed by atoms with E-state index in [2.05, 4.69) is 4.74 Å². The van der Waals surface area contributed by atoms with Gasteiger partial charge in [-0.3, -0.25) is 0 Å². The summed E-state index contributed by atoms with van der Waals surface area (Å²) < 4.78 is 45.4. The summed E-state index contributed by atoms with van der Waals surface area (Å²) in [5.41, 5.74) is 5.88. The van der Waals surface area contributed by atoms with Crippen molar-refractivity contribution in [2.24, 2.45) is 5.73 Å². The fourth-order valence-corrected chi connectivity index (χ4v) is 1.49. The normalized spacial score (nSPS) is 11.6. The first-order valence-electron chi connectivity index (χ1n) is 5.13. The van der Waals surface area contributed by atoms with Gasteiger partial charge in [0.2, 0.25) is 0 Å². The highest BCUT2D eigenvalue weighted by atomic mass is 19.4. The molecule has 1 aromatic heterocycles. The number of alkyl halides is 3. The van der Waals surface area contributed by atoms with Gasteiger partial charge in [0.25, 0.3) is 0 Å². The first-order chi connectivity index (χ1) is 8.48. The molecule has 0 bridgehead atoms. The van der Waals surface area contributed by atoms with E-state index in [1.54, 1.807) is 18.2 Å². The van der Waals surface area contributed by atoms with E-state index in [9.17, 15) is 13.2 Å². The summed E-state index contributed by atoms with van der Waals surface area (Å²) in [6.45, 7) is 0.235. The minimum absolute atomic E-state index is 0.235. The summed E-state index contributed by atoms with van der Waals surface area (Å²) in [7, 11) is 0. The zero-order chi connectivity index (χ0) is 13.2. The third-order valence-electron chi connectivity index (χ3n) is 2.21. The fourth-order valence-electron chi connectivity index (χ4n) is 1.49. The zero-order valence-corrected chi connectivity index (χ0v) is 9.20. The second kappa shape index (κ2) is 4.73. The molecular formula is C12H10F3NO2. The number of halogens is 3. The lowest BCUT2D eigenvalue weighted by Gasteiger charge is -2.09. The van der Waals surface area contributed by atoms with E-state index in [-0.39, 0.29) is 12.3 Å². The van der Waals surface area contributed by atoms with Gasteiger partial charge in [0, 0.05) is 5.56 Å². The second-order valence-corrected chi connectivity index (χ2v) is 3.55. The molecule has 0 unspecified atom stereocenters. The van der Waals surface area contributed by atoms with E-state index in [4.69, 9.17) is 10.2 Å². The molecule has 18 heavy (non-hydrogen) atoms. The van der Waals surface area contributed by atoms with Crippen molar-refractivity contribution in [3.8, 4) is 17.1 Å². The average molecular weight is 257 g/mol. The molecule has 1 aromatic carbocycles. The maximum absolute atomic E-state index is 12.1. The quantitative estimate of drug-likeness (QED) is 0.917. The van der Waals surface area contributed by atoms with Crippen molar-refractivity contribution >= 4 is 0 Å². The number of rotatable bonds is 3. The third-order valence-corrected chi connectivity index (χ3v) is 2.21. The van der Waals surface area contributed by atoms with E-state index in [1.165, 1.54) is 18.2 Å². The number of benzene rings is 1. The molecule has 0 saturated heterocycles. The van der Waals surface area contributed by atoms with Crippen LogP contribution in [0.5, 0.6) is 5.75 Å². The standard InChI is InChI=1S/C12H10F3NO2/c13-12(14,15)18-9-3-1-2-8(6-9)11-5-4-10(7-16)17-11/h1-6H,7,16H2. The van der Waals surface area contributed by atoms with Crippen LogP contribution >= 0.6 is 0 Å². The second-order valence-electron chi connectivity index (χ2n) is 3.55. The molecule has 3 nitrogen and oxygen atoms in total. The number of furan rings is 1. The predicted molar refractivity (Wildman–Crippen MR) is 58.7 cm³/mol. The molecule has 6 heteroatoms. The van der Waals surface area contributed by atoms with Gasteiger partial charge in [-0.1, -0.05) is 12.1 Å². The summed E-state index contributed by atoms with van der Waals surface area (Å²) in [5.74, 6) is 0.723. The van der Waals surface area contributed by atoms with Crippen LogP contribution in [0.25, 0.3) is 11.3 Å². The van der Waals surface area contributed by atoms with Gasteiger partial charge in [-0.05, 0) is 24.3 Å². The average Bonchev–Trinajstić information content (AvgIpc) is 2.75. The van der Waals surface area contributed by atoms with Gasteiger partial charge in [0.15, 0.2) is 0 Å². The maximum atomic E-state index is 12.1. The smallest absolute Gasteiger partial charge is 0.460 e. The van der Waals surface area contributed by atoms with Gasteiger partial charge < -0.3 is 14.9 Å². The van der Waals surface area contributed by atoms with Crippen molar-refractivity contribution in [3.63, 3.8) is 0 Å². The molecule has 0 aliphatic carbocycles.